The molecule has 1 aliphatic heterocycles. The van der Waals surface area contributed by atoms with Crippen LogP contribution in [0, 0.1) is 0 Å². The van der Waals surface area contributed by atoms with Gasteiger partial charge in [0.2, 0.25) is 0 Å². The molecule has 0 N–H and O–H groups in total. The normalized spacial score (nSPS) is 15.9. The quantitative estimate of drug-likeness (QED) is 0.413. The second-order valence-corrected chi connectivity index (χ2v) is 10.7. The Hall–Kier alpha value is -2.97. The molecule has 1 unspecified atom stereocenters. The Morgan fingerprint density at radius 2 is 1.83 bits per heavy atom. The Morgan fingerprint density at radius 1 is 1.11 bits per heavy atom. The molecule has 6 nitrogen and oxygen atoms in total. The van der Waals surface area contributed by atoms with Crippen molar-refractivity contribution in [2.45, 2.75) is 52.9 Å². The number of nitrogens with zero attached hydrogens (tertiary/aromatic N) is 2. The average molecular weight is 555 g/mol. The summed E-state index contributed by atoms with van der Waals surface area (Å²) >= 11 is 4.86. The van der Waals surface area contributed by atoms with Crippen LogP contribution in [-0.4, -0.2) is 22.7 Å². The minimum absolute atomic E-state index is 0.0543. The Labute approximate surface area is 216 Å². The van der Waals surface area contributed by atoms with Gasteiger partial charge in [-0.3, -0.25) is 9.36 Å². The lowest BCUT2D eigenvalue weighted by Crippen LogP contribution is -2.40. The zero-order valence-electron chi connectivity index (χ0n) is 20.2. The lowest BCUT2D eigenvalue weighted by atomic mass is 9.96. The number of halogens is 1. The van der Waals surface area contributed by atoms with E-state index in [4.69, 9.17) is 9.47 Å². The van der Waals surface area contributed by atoms with Gasteiger partial charge in [-0.2, -0.15) is 0 Å². The summed E-state index contributed by atoms with van der Waals surface area (Å²) in [4.78, 5) is 31.9. The number of aromatic nitrogens is 1. The second-order valence-electron chi connectivity index (χ2n) is 8.80. The molecule has 1 aromatic heterocycles. The molecular weight excluding hydrogens is 528 g/mol. The summed E-state index contributed by atoms with van der Waals surface area (Å²) in [5.74, 6) is 0.278. The molecule has 0 spiro atoms. The van der Waals surface area contributed by atoms with Gasteiger partial charge in [0.25, 0.3) is 5.56 Å². The summed E-state index contributed by atoms with van der Waals surface area (Å²) in [5.41, 5.74) is 2.40. The number of allylic oxidation sites excluding steroid dienone is 1. The number of hydrogen-bond donors (Lipinski definition) is 0. The molecule has 0 amide bonds. The maximum atomic E-state index is 13.7. The van der Waals surface area contributed by atoms with Crippen LogP contribution in [0.3, 0.4) is 0 Å². The third kappa shape index (κ3) is 5.33. The third-order valence-corrected chi connectivity index (χ3v) is 6.92. The first-order valence-corrected chi connectivity index (χ1v) is 13.0. The van der Waals surface area contributed by atoms with Crippen LogP contribution in [0.1, 0.15) is 51.8 Å². The molecule has 0 saturated carbocycles. The van der Waals surface area contributed by atoms with Crippen molar-refractivity contribution < 1.29 is 14.3 Å². The zero-order valence-corrected chi connectivity index (χ0v) is 22.6. The van der Waals surface area contributed by atoms with E-state index in [1.165, 1.54) is 11.3 Å². The van der Waals surface area contributed by atoms with Gasteiger partial charge in [0, 0.05) is 0 Å². The van der Waals surface area contributed by atoms with Crippen molar-refractivity contribution in [2.75, 3.05) is 0 Å². The van der Waals surface area contributed by atoms with Gasteiger partial charge in [0.1, 0.15) is 5.75 Å². The van der Waals surface area contributed by atoms with E-state index in [1.54, 1.807) is 25.3 Å². The Kier molecular flexibility index (Phi) is 7.42. The average Bonchev–Trinajstić information content (AvgIpc) is 3.09. The molecule has 0 saturated heterocycles. The number of carbonyl (C=O) groups excluding carboxylic acids is 1. The number of benzene rings is 2. The van der Waals surface area contributed by atoms with Gasteiger partial charge in [0.05, 0.1) is 38.5 Å². The molecule has 182 valence electrons. The number of esters is 1. The molecule has 3 aromatic rings. The van der Waals surface area contributed by atoms with E-state index in [0.717, 1.165) is 21.3 Å². The fourth-order valence-electron chi connectivity index (χ4n) is 3.92. The van der Waals surface area contributed by atoms with Crippen LogP contribution in [0.25, 0.3) is 6.08 Å². The monoisotopic (exact) mass is 554 g/mol. The predicted octanol–water partition coefficient (Wildman–Crippen LogP) is 4.74. The number of rotatable bonds is 6. The van der Waals surface area contributed by atoms with Crippen molar-refractivity contribution in [3.05, 3.63) is 95.1 Å². The third-order valence-electron chi connectivity index (χ3n) is 5.32. The summed E-state index contributed by atoms with van der Waals surface area (Å²) in [5, 5.41) is 0. The number of hydrogen-bond acceptors (Lipinski definition) is 6. The van der Waals surface area contributed by atoms with Crippen LogP contribution in [-0.2, 0) is 9.53 Å². The lowest BCUT2D eigenvalue weighted by Gasteiger charge is -2.25. The van der Waals surface area contributed by atoms with E-state index < -0.39 is 12.0 Å². The molecule has 0 aliphatic carbocycles. The fraction of sp³-hybridized carbons (Fsp3) is 0.296. The van der Waals surface area contributed by atoms with Crippen molar-refractivity contribution in [3.63, 3.8) is 0 Å². The molecule has 0 fully saturated rings. The maximum absolute atomic E-state index is 13.7. The predicted molar refractivity (Wildman–Crippen MR) is 141 cm³/mol. The minimum atomic E-state index is -0.616. The van der Waals surface area contributed by atoms with Gasteiger partial charge in [-0.1, -0.05) is 47.7 Å². The van der Waals surface area contributed by atoms with Gasteiger partial charge < -0.3 is 9.47 Å². The van der Waals surface area contributed by atoms with E-state index in [-0.39, 0.29) is 17.8 Å². The summed E-state index contributed by atoms with van der Waals surface area (Å²) < 4.78 is 14.3. The van der Waals surface area contributed by atoms with Gasteiger partial charge in [-0.15, -0.1) is 0 Å². The van der Waals surface area contributed by atoms with Crippen LogP contribution in [0.5, 0.6) is 5.75 Å². The highest BCUT2D eigenvalue weighted by Crippen LogP contribution is 2.31. The highest BCUT2D eigenvalue weighted by molar-refractivity contribution is 9.10. The van der Waals surface area contributed by atoms with E-state index in [0.29, 0.717) is 20.6 Å². The molecule has 4 rings (SSSR count). The van der Waals surface area contributed by atoms with Crippen molar-refractivity contribution in [2.24, 2.45) is 4.99 Å². The van der Waals surface area contributed by atoms with Crippen LogP contribution in [0.15, 0.2) is 74.1 Å². The van der Waals surface area contributed by atoms with Gasteiger partial charge in [-0.25, -0.2) is 9.79 Å². The molecule has 2 heterocycles. The van der Waals surface area contributed by atoms with E-state index in [9.17, 15) is 9.59 Å². The summed E-state index contributed by atoms with van der Waals surface area (Å²) in [6.07, 6.45) is 1.60. The number of ether oxygens (including phenoxy) is 2. The molecule has 8 heteroatoms. The van der Waals surface area contributed by atoms with E-state index in [1.807, 2.05) is 68.5 Å². The SMILES string of the molecule is CC1=C(C(=O)OC(C)C)C(c2ccccc2)n2c(sc(=Cc3ccc(OC(C)C)c(Br)c3)c2=O)=N1. The van der Waals surface area contributed by atoms with Crippen molar-refractivity contribution in [1.82, 2.24) is 4.57 Å². The Morgan fingerprint density at radius 3 is 2.46 bits per heavy atom. The van der Waals surface area contributed by atoms with E-state index >= 15 is 0 Å². The largest absolute Gasteiger partial charge is 0.490 e. The molecule has 0 radical (unpaired) electrons. The van der Waals surface area contributed by atoms with Gasteiger partial charge >= 0.3 is 5.97 Å². The molecule has 2 aromatic carbocycles. The fourth-order valence-corrected chi connectivity index (χ4v) is 5.46. The first-order valence-electron chi connectivity index (χ1n) is 11.4. The number of fused-ring (bicyclic) bond motifs is 1. The number of carbonyl (C=O) groups is 1. The summed E-state index contributed by atoms with van der Waals surface area (Å²) in [6.45, 7) is 9.33. The van der Waals surface area contributed by atoms with Gasteiger partial charge in [-0.05, 0) is 79.9 Å². The van der Waals surface area contributed by atoms with Crippen LogP contribution >= 0.6 is 27.3 Å². The highest BCUT2D eigenvalue weighted by Gasteiger charge is 2.33. The topological polar surface area (TPSA) is 69.9 Å². The van der Waals surface area contributed by atoms with Crippen LogP contribution in [0.2, 0.25) is 0 Å². The highest BCUT2D eigenvalue weighted by atomic mass is 79.9. The minimum Gasteiger partial charge on any atom is -0.490 e. The van der Waals surface area contributed by atoms with Crippen LogP contribution in [0.4, 0.5) is 0 Å². The maximum Gasteiger partial charge on any atom is 0.338 e. The smallest absolute Gasteiger partial charge is 0.338 e. The first kappa shape index (κ1) is 25.1. The van der Waals surface area contributed by atoms with Gasteiger partial charge in [0.15, 0.2) is 4.80 Å². The zero-order chi connectivity index (χ0) is 25.3. The molecule has 35 heavy (non-hydrogen) atoms. The van der Waals surface area contributed by atoms with E-state index in [2.05, 4.69) is 20.9 Å². The van der Waals surface area contributed by atoms with Crippen molar-refractivity contribution >= 4 is 39.3 Å². The van der Waals surface area contributed by atoms with Crippen molar-refractivity contribution in [3.8, 4) is 5.75 Å². The Bertz CT molecular complexity index is 1470. The first-order chi connectivity index (χ1) is 16.7. The summed E-state index contributed by atoms with van der Waals surface area (Å²) in [6, 6.07) is 14.6. The molecular formula is C27H27BrN2O4S. The molecule has 1 aliphatic rings. The summed E-state index contributed by atoms with van der Waals surface area (Å²) in [7, 11) is 0. The molecule has 0 bridgehead atoms. The molecule has 1 atom stereocenters. The second kappa shape index (κ2) is 10.3. The van der Waals surface area contributed by atoms with Crippen LogP contribution < -0.4 is 19.6 Å². The van der Waals surface area contributed by atoms with Crippen molar-refractivity contribution in [1.29, 1.82) is 0 Å². The Balaban J connectivity index is 1.86. The lowest BCUT2D eigenvalue weighted by molar-refractivity contribution is -0.143. The number of thiazole rings is 1. The standard InChI is InChI=1S/C27H27BrN2O4S/c1-15(2)33-21-12-11-18(13-20(21)28)14-22-25(31)30-24(19-9-7-6-8-10-19)23(26(32)34-16(3)4)17(5)29-27(30)35-22/h6-16,24H,1-5H3.